The van der Waals surface area contributed by atoms with Gasteiger partial charge in [0.05, 0.1) is 22.1 Å². The van der Waals surface area contributed by atoms with Crippen molar-refractivity contribution in [2.24, 2.45) is 0 Å². The third-order valence-corrected chi connectivity index (χ3v) is 27.0. The number of H-pyrrole nitrogens is 1. The Balaban J connectivity index is 0.000000119. The molecule has 0 saturated heterocycles. The summed E-state index contributed by atoms with van der Waals surface area (Å²) in [6.45, 7) is 0. The standard InChI is InChI=1S/2C42H30BrN3.C36H27N3.C6H4BrI/c2*43-31-21-23-36(24-22-31)46-41-27-25-37(44(32-13-5-1-6-14-32)33-15-7-2-8-16-33)29-39(41)40-30-38(26-28-42(40)46)45(34-17-9-3-10-18-34)35-19-11-4-12-20-35;1-5-13-27(14-6-1)38(28-15-7-2-8-16-28)31-21-23-35-33(25-31)34-26-32(22-24-36(34)37-35)39(29-17-9-3-10-18-29)30-19-11-4-12-20-30;7-5-1-3-6(8)4-2-5/h2*1-30H;1-26,37H;1-4H. The summed E-state index contributed by atoms with van der Waals surface area (Å²) in [6, 6.07) is 193. The number of halogens is 4. The number of anilines is 18. The van der Waals surface area contributed by atoms with E-state index in [1.807, 2.05) is 12.1 Å². The van der Waals surface area contributed by atoms with E-state index < -0.39 is 0 Å². The molecule has 24 rings (SSSR count). The first-order chi connectivity index (χ1) is 68.6. The molecule has 0 aliphatic rings. The van der Waals surface area contributed by atoms with Gasteiger partial charge in [-0.05, 0) is 350 Å². The number of hydrogen-bond acceptors (Lipinski definition) is 6. The molecule has 0 aliphatic carbocycles. The highest BCUT2D eigenvalue weighted by Gasteiger charge is 2.25. The van der Waals surface area contributed by atoms with Crippen molar-refractivity contribution in [2.45, 2.75) is 0 Å². The van der Waals surface area contributed by atoms with E-state index in [1.165, 1.54) is 35.9 Å². The van der Waals surface area contributed by atoms with Crippen LogP contribution in [0, 0.1) is 3.57 Å². The Bertz CT molecular complexity index is 7250. The first-order valence-electron chi connectivity index (χ1n) is 46.2. The Labute approximate surface area is 848 Å². The van der Waals surface area contributed by atoms with Crippen LogP contribution < -0.4 is 29.4 Å². The highest BCUT2D eigenvalue weighted by Crippen LogP contribution is 2.48. The molecule has 0 radical (unpaired) electrons. The summed E-state index contributed by atoms with van der Waals surface area (Å²) in [6.07, 6.45) is 0. The molecule has 0 saturated carbocycles. The summed E-state index contributed by atoms with van der Waals surface area (Å²) in [5.74, 6) is 0. The van der Waals surface area contributed by atoms with Crippen molar-refractivity contribution in [1.29, 1.82) is 0 Å². The van der Waals surface area contributed by atoms with Crippen molar-refractivity contribution in [3.63, 3.8) is 0 Å². The fourth-order valence-corrected chi connectivity index (χ4v) is 19.6. The summed E-state index contributed by atoms with van der Waals surface area (Å²) < 4.78 is 9.27. The van der Waals surface area contributed by atoms with Crippen LogP contribution in [0.3, 0.4) is 0 Å². The lowest BCUT2D eigenvalue weighted by Crippen LogP contribution is -2.09. The molecule has 0 amide bonds. The maximum Gasteiger partial charge on any atom is 0.0542 e. The molecule has 0 atom stereocenters. The number of nitrogens with zero attached hydrogens (tertiary/aromatic N) is 8. The fraction of sp³-hybridized carbons (Fsp3) is 0. The van der Waals surface area contributed by atoms with Crippen molar-refractivity contribution in [3.05, 3.63) is 563 Å². The van der Waals surface area contributed by atoms with Crippen LogP contribution in [-0.4, -0.2) is 14.1 Å². The van der Waals surface area contributed by atoms with Crippen LogP contribution in [0.2, 0.25) is 0 Å². The largest absolute Gasteiger partial charge is 0.355 e. The average molecular weight is 2100 g/mol. The number of benzene rings is 21. The summed E-state index contributed by atoms with van der Waals surface area (Å²) in [4.78, 5) is 17.6. The highest BCUT2D eigenvalue weighted by molar-refractivity contribution is 14.1. The van der Waals surface area contributed by atoms with Gasteiger partial charge in [-0.15, -0.1) is 0 Å². The van der Waals surface area contributed by atoms with E-state index in [4.69, 9.17) is 0 Å². The van der Waals surface area contributed by atoms with Crippen LogP contribution in [0.4, 0.5) is 102 Å². The van der Waals surface area contributed by atoms with Crippen LogP contribution >= 0.6 is 70.4 Å². The van der Waals surface area contributed by atoms with Crippen molar-refractivity contribution in [2.75, 3.05) is 29.4 Å². The summed E-state index contributed by atoms with van der Waals surface area (Å²) >= 11 is 12.9. The molecular formula is C126H91Br3IN9. The lowest BCUT2D eigenvalue weighted by Gasteiger charge is -2.26. The molecule has 13 heteroatoms. The maximum atomic E-state index is 3.63. The molecule has 139 heavy (non-hydrogen) atoms. The quantitative estimate of drug-likeness (QED) is 0.0768. The summed E-state index contributed by atoms with van der Waals surface area (Å²) in [5, 5.41) is 7.15. The van der Waals surface area contributed by atoms with Gasteiger partial charge in [-0.3, -0.25) is 0 Å². The Kier molecular flexibility index (Phi) is 26.8. The number of hydrogen-bond donors (Lipinski definition) is 1. The summed E-state index contributed by atoms with van der Waals surface area (Å²) in [7, 11) is 0. The van der Waals surface area contributed by atoms with Crippen molar-refractivity contribution >= 4 is 238 Å². The smallest absolute Gasteiger partial charge is 0.0542 e. The van der Waals surface area contributed by atoms with E-state index in [0.29, 0.717) is 0 Å². The molecule has 668 valence electrons. The molecule has 3 heterocycles. The summed E-state index contributed by atoms with van der Waals surface area (Å²) in [5.41, 5.74) is 29.2. The van der Waals surface area contributed by atoms with Crippen LogP contribution in [-0.2, 0) is 0 Å². The Hall–Kier alpha value is -16.0. The van der Waals surface area contributed by atoms with Gasteiger partial charge in [0, 0.05) is 174 Å². The predicted octanol–water partition coefficient (Wildman–Crippen LogP) is 38.3. The molecule has 9 nitrogen and oxygen atoms in total. The van der Waals surface area contributed by atoms with E-state index in [-0.39, 0.29) is 0 Å². The van der Waals surface area contributed by atoms with Gasteiger partial charge in [0.2, 0.25) is 0 Å². The number of fused-ring (bicyclic) bond motifs is 9. The average Bonchev–Trinajstić information content (AvgIpc) is 1.58. The Morgan fingerprint density at radius 2 is 0.317 bits per heavy atom. The number of aromatic nitrogens is 3. The number of aromatic amines is 1. The molecule has 1 N–H and O–H groups in total. The lowest BCUT2D eigenvalue weighted by molar-refractivity contribution is 1.18. The molecule has 3 aromatic heterocycles. The van der Waals surface area contributed by atoms with Gasteiger partial charge in [-0.2, -0.15) is 0 Å². The van der Waals surface area contributed by atoms with E-state index in [1.54, 1.807) is 0 Å². The minimum atomic E-state index is 1.06. The zero-order chi connectivity index (χ0) is 93.8. The molecule has 0 spiro atoms. The van der Waals surface area contributed by atoms with Crippen molar-refractivity contribution < 1.29 is 0 Å². The molecule has 24 aromatic rings. The monoisotopic (exact) mass is 2090 g/mol. The van der Waals surface area contributed by atoms with E-state index >= 15 is 0 Å². The first-order valence-corrected chi connectivity index (χ1v) is 49.7. The highest BCUT2D eigenvalue weighted by atomic mass is 127. The molecule has 21 aromatic carbocycles. The molecule has 0 bridgehead atoms. The van der Waals surface area contributed by atoms with Gasteiger partial charge in [-0.1, -0.05) is 266 Å². The second-order valence-electron chi connectivity index (χ2n) is 33.5. The van der Waals surface area contributed by atoms with Gasteiger partial charge in [0.25, 0.3) is 0 Å². The molecule has 0 unspecified atom stereocenters. The zero-order valence-electron chi connectivity index (χ0n) is 75.6. The third kappa shape index (κ3) is 19.5. The SMILES string of the molecule is Brc1ccc(-n2c3ccc(N(c4ccccc4)c4ccccc4)cc3c3cc(N(c4ccccc4)c4ccccc4)ccc32)cc1.Brc1ccc(-n2c3ccc(N(c4ccccc4)c4ccccc4)cc3c3cc(N(c4ccccc4)c4ccccc4)ccc32)cc1.Brc1ccc(I)cc1.c1ccc(N(c2ccccc2)c2ccc3[nH]c4ccc(N(c5ccccc5)c5ccccc5)cc4c3c2)cc1. The Morgan fingerprint density at radius 3 is 0.489 bits per heavy atom. The van der Waals surface area contributed by atoms with Crippen molar-refractivity contribution in [3.8, 4) is 11.4 Å². The van der Waals surface area contributed by atoms with E-state index in [0.717, 1.165) is 160 Å². The number of rotatable bonds is 20. The minimum absolute atomic E-state index is 1.06. The molecule has 0 aliphatic heterocycles. The fourth-order valence-electron chi connectivity index (χ4n) is 18.5. The normalized spacial score (nSPS) is 11.0. The molecule has 0 fully saturated rings. The van der Waals surface area contributed by atoms with Crippen molar-refractivity contribution in [1.82, 2.24) is 14.1 Å². The van der Waals surface area contributed by atoms with Crippen LogP contribution in [0.1, 0.15) is 0 Å². The van der Waals surface area contributed by atoms with Gasteiger partial charge in [-0.25, -0.2) is 0 Å². The first kappa shape index (κ1) is 89.5. The van der Waals surface area contributed by atoms with Gasteiger partial charge in [0.1, 0.15) is 0 Å². The second-order valence-corrected chi connectivity index (χ2v) is 37.5. The van der Waals surface area contributed by atoms with Gasteiger partial charge < -0.3 is 43.5 Å². The Morgan fingerprint density at radius 1 is 0.158 bits per heavy atom. The van der Waals surface area contributed by atoms with E-state index in [9.17, 15) is 0 Å². The number of nitrogens with one attached hydrogen (secondary N) is 1. The predicted molar refractivity (Wildman–Crippen MR) is 608 cm³/mol. The van der Waals surface area contributed by atoms with Gasteiger partial charge >= 0.3 is 0 Å². The van der Waals surface area contributed by atoms with Gasteiger partial charge in [0.15, 0.2) is 0 Å². The second kappa shape index (κ2) is 41.7. The van der Waals surface area contributed by atoms with E-state index in [2.05, 4.69) is 648 Å². The lowest BCUT2D eigenvalue weighted by atomic mass is 10.1. The number of para-hydroxylation sites is 12. The van der Waals surface area contributed by atoms with Crippen LogP contribution in [0.25, 0.3) is 76.8 Å². The van der Waals surface area contributed by atoms with Crippen LogP contribution in [0.5, 0.6) is 0 Å². The molecular weight excluding hydrogens is 2010 g/mol. The zero-order valence-corrected chi connectivity index (χ0v) is 82.5. The maximum absolute atomic E-state index is 3.63. The third-order valence-electron chi connectivity index (χ3n) is 24.7. The minimum Gasteiger partial charge on any atom is -0.355 e. The van der Waals surface area contributed by atoms with Crippen LogP contribution in [0.15, 0.2) is 559 Å². The topological polar surface area (TPSA) is 45.1 Å².